The van der Waals surface area contributed by atoms with E-state index < -0.39 is 0 Å². The number of likely N-dealkylation sites (tertiary alicyclic amines) is 1. The van der Waals surface area contributed by atoms with Crippen LogP contribution >= 0.6 is 0 Å². The van der Waals surface area contributed by atoms with Crippen LogP contribution in [0.3, 0.4) is 0 Å². The third kappa shape index (κ3) is 4.64. The molecule has 3 heterocycles. The Morgan fingerprint density at radius 1 is 1.21 bits per heavy atom. The van der Waals surface area contributed by atoms with Gasteiger partial charge in [-0.25, -0.2) is 0 Å². The van der Waals surface area contributed by atoms with Crippen LogP contribution in [0, 0.1) is 0 Å². The lowest BCUT2D eigenvalue weighted by atomic mass is 9.85. The second-order valence-electron chi connectivity index (χ2n) is 8.94. The maximum atomic E-state index is 13.1. The van der Waals surface area contributed by atoms with Crippen LogP contribution in [-0.2, 0) is 20.7 Å². The Balaban J connectivity index is 1.57. The molecule has 1 N–H and O–H groups in total. The lowest BCUT2D eigenvalue weighted by Gasteiger charge is -2.39. The Bertz CT molecular complexity index is 719. The summed E-state index contributed by atoms with van der Waals surface area (Å²) in [6, 6.07) is 10.9. The van der Waals surface area contributed by atoms with Crippen LogP contribution in [0.25, 0.3) is 0 Å². The van der Waals surface area contributed by atoms with E-state index in [0.717, 1.165) is 32.1 Å². The Hall–Kier alpha value is -1.92. The molecule has 158 valence electrons. The van der Waals surface area contributed by atoms with E-state index in [1.807, 2.05) is 11.0 Å². The van der Waals surface area contributed by atoms with Crippen molar-refractivity contribution in [1.29, 1.82) is 0 Å². The Labute approximate surface area is 173 Å². The molecule has 1 aromatic carbocycles. The van der Waals surface area contributed by atoms with Gasteiger partial charge in [-0.2, -0.15) is 0 Å². The van der Waals surface area contributed by atoms with Gasteiger partial charge >= 0.3 is 0 Å². The van der Waals surface area contributed by atoms with Crippen molar-refractivity contribution in [2.24, 2.45) is 0 Å². The van der Waals surface area contributed by atoms with Crippen molar-refractivity contribution in [3.63, 3.8) is 0 Å². The molecule has 0 saturated carbocycles. The van der Waals surface area contributed by atoms with Gasteiger partial charge in [-0.05, 0) is 38.2 Å². The van der Waals surface area contributed by atoms with Gasteiger partial charge in [-0.1, -0.05) is 36.8 Å². The number of nitrogens with one attached hydrogen (secondary N) is 1. The molecule has 6 nitrogen and oxygen atoms in total. The number of rotatable bonds is 4. The number of fused-ring (bicyclic) bond motifs is 1. The molecule has 4 rings (SSSR count). The minimum Gasteiger partial charge on any atom is -0.378 e. The van der Waals surface area contributed by atoms with Crippen molar-refractivity contribution < 1.29 is 14.3 Å². The average molecular weight is 400 g/mol. The number of amides is 2. The zero-order valence-electron chi connectivity index (χ0n) is 17.4. The normalized spacial score (nSPS) is 30.9. The number of carbonyl (C=O) groups excluding carboxylic acids is 2. The molecular formula is C23H33N3O3. The summed E-state index contributed by atoms with van der Waals surface area (Å²) >= 11 is 0. The number of carbonyl (C=O) groups is 2. The molecular weight excluding hydrogens is 366 g/mol. The quantitative estimate of drug-likeness (QED) is 0.841. The molecule has 2 amide bonds. The summed E-state index contributed by atoms with van der Waals surface area (Å²) in [4.78, 5) is 29.8. The molecule has 29 heavy (non-hydrogen) atoms. The van der Waals surface area contributed by atoms with Crippen LogP contribution in [0.1, 0.15) is 44.6 Å². The van der Waals surface area contributed by atoms with E-state index in [1.54, 1.807) is 0 Å². The first-order valence-electron chi connectivity index (χ1n) is 11.0. The first-order valence-corrected chi connectivity index (χ1v) is 11.0. The third-order valence-corrected chi connectivity index (χ3v) is 6.82. The topological polar surface area (TPSA) is 61.9 Å². The Morgan fingerprint density at radius 2 is 1.97 bits per heavy atom. The fourth-order valence-electron chi connectivity index (χ4n) is 5.37. The zero-order valence-corrected chi connectivity index (χ0v) is 17.4. The zero-order chi connectivity index (χ0) is 20.3. The molecule has 0 aliphatic carbocycles. The van der Waals surface area contributed by atoms with Gasteiger partial charge in [0.15, 0.2) is 0 Å². The summed E-state index contributed by atoms with van der Waals surface area (Å²) in [7, 11) is 0. The molecule has 0 spiro atoms. The molecule has 0 bridgehead atoms. The van der Waals surface area contributed by atoms with Gasteiger partial charge in [0.05, 0.1) is 25.3 Å². The number of hydrogen-bond donors (Lipinski definition) is 1. The lowest BCUT2D eigenvalue weighted by molar-refractivity contribution is -0.137. The maximum Gasteiger partial charge on any atom is 0.236 e. The van der Waals surface area contributed by atoms with Crippen molar-refractivity contribution in [2.75, 3.05) is 32.8 Å². The second kappa shape index (κ2) is 8.84. The van der Waals surface area contributed by atoms with Crippen LogP contribution in [0.4, 0.5) is 0 Å². The number of ether oxygens (including phenoxy) is 1. The highest BCUT2D eigenvalue weighted by molar-refractivity contribution is 5.79. The highest BCUT2D eigenvalue weighted by Crippen LogP contribution is 2.38. The fourth-order valence-corrected chi connectivity index (χ4v) is 5.37. The third-order valence-electron chi connectivity index (χ3n) is 6.82. The van der Waals surface area contributed by atoms with E-state index in [1.165, 1.54) is 5.56 Å². The van der Waals surface area contributed by atoms with Gasteiger partial charge in [0, 0.05) is 31.6 Å². The van der Waals surface area contributed by atoms with E-state index in [0.29, 0.717) is 39.3 Å². The molecule has 3 aliphatic heterocycles. The summed E-state index contributed by atoms with van der Waals surface area (Å²) in [5.74, 6) is 0.334. The SMILES string of the molecule is C[C@]12C[C@@H](Cc3ccccc3)N(CC(=O)N3CCOCC3)[C@H]1CCCCC(=O)N2. The first-order chi connectivity index (χ1) is 14.0. The number of nitrogens with zero attached hydrogens (tertiary/aromatic N) is 2. The Kier molecular flexibility index (Phi) is 6.20. The van der Waals surface area contributed by atoms with E-state index in [4.69, 9.17) is 4.74 Å². The van der Waals surface area contributed by atoms with Gasteiger partial charge in [-0.3, -0.25) is 14.5 Å². The van der Waals surface area contributed by atoms with Crippen LogP contribution in [0.5, 0.6) is 0 Å². The van der Waals surface area contributed by atoms with Crippen LogP contribution in [0.15, 0.2) is 30.3 Å². The summed E-state index contributed by atoms with van der Waals surface area (Å²) < 4.78 is 5.41. The van der Waals surface area contributed by atoms with Gasteiger partial charge in [0.2, 0.25) is 11.8 Å². The highest BCUT2D eigenvalue weighted by Gasteiger charge is 2.50. The van der Waals surface area contributed by atoms with Gasteiger partial charge in [0.1, 0.15) is 0 Å². The van der Waals surface area contributed by atoms with Crippen molar-refractivity contribution >= 4 is 11.8 Å². The minimum atomic E-state index is -0.276. The summed E-state index contributed by atoms with van der Waals surface area (Å²) in [5, 5.41) is 3.33. The molecule has 1 aromatic rings. The largest absolute Gasteiger partial charge is 0.378 e. The molecule has 3 aliphatic rings. The second-order valence-corrected chi connectivity index (χ2v) is 8.94. The summed E-state index contributed by atoms with van der Waals surface area (Å²) in [6.07, 6.45) is 5.38. The van der Waals surface area contributed by atoms with Gasteiger partial charge < -0.3 is 15.0 Å². The molecule has 3 atom stereocenters. The molecule has 0 aromatic heterocycles. The van der Waals surface area contributed by atoms with Crippen molar-refractivity contribution in [3.05, 3.63) is 35.9 Å². The smallest absolute Gasteiger partial charge is 0.236 e. The Morgan fingerprint density at radius 3 is 2.72 bits per heavy atom. The van der Waals surface area contributed by atoms with E-state index >= 15 is 0 Å². The summed E-state index contributed by atoms with van der Waals surface area (Å²) in [6.45, 7) is 5.20. The molecule has 6 heteroatoms. The molecule has 0 radical (unpaired) electrons. The predicted octanol–water partition coefficient (Wildman–Crippen LogP) is 1.98. The summed E-state index contributed by atoms with van der Waals surface area (Å²) in [5.41, 5.74) is 1.01. The van der Waals surface area contributed by atoms with Crippen LogP contribution in [0.2, 0.25) is 0 Å². The van der Waals surface area contributed by atoms with Gasteiger partial charge in [0.25, 0.3) is 0 Å². The number of hydrogen-bond acceptors (Lipinski definition) is 4. The van der Waals surface area contributed by atoms with Gasteiger partial charge in [-0.15, -0.1) is 0 Å². The molecule has 0 unspecified atom stereocenters. The van der Waals surface area contributed by atoms with Crippen LogP contribution < -0.4 is 5.32 Å². The van der Waals surface area contributed by atoms with Crippen LogP contribution in [-0.4, -0.2) is 72.1 Å². The standard InChI is InChI=1S/C23H33N3O3/c1-23-16-19(15-18-7-3-2-4-8-18)26(17-22(28)25-11-13-29-14-12-25)20(23)9-5-6-10-21(27)24-23/h2-4,7-8,19-20H,5-6,9-17H2,1H3,(H,24,27)/t19-,20+,23+/m1/s1. The molecule has 3 fully saturated rings. The van der Waals surface area contributed by atoms with E-state index in [2.05, 4.69) is 41.4 Å². The van der Waals surface area contributed by atoms with Crippen molar-refractivity contribution in [2.45, 2.75) is 63.1 Å². The van der Waals surface area contributed by atoms with Crippen molar-refractivity contribution in [1.82, 2.24) is 15.1 Å². The van der Waals surface area contributed by atoms with E-state index in [-0.39, 0.29) is 29.4 Å². The van der Waals surface area contributed by atoms with E-state index in [9.17, 15) is 9.59 Å². The molecule has 3 saturated heterocycles. The highest BCUT2D eigenvalue weighted by atomic mass is 16.5. The minimum absolute atomic E-state index is 0.150. The fraction of sp³-hybridized carbons (Fsp3) is 0.652. The number of morpholine rings is 1. The first kappa shape index (κ1) is 20.4. The van der Waals surface area contributed by atoms with Crippen molar-refractivity contribution in [3.8, 4) is 0 Å². The monoisotopic (exact) mass is 399 g/mol. The predicted molar refractivity (Wildman–Crippen MR) is 111 cm³/mol. The maximum absolute atomic E-state index is 13.1. The average Bonchev–Trinajstić information content (AvgIpc) is 2.95. The number of benzene rings is 1. The lowest BCUT2D eigenvalue weighted by Crippen LogP contribution is -2.57.